The van der Waals surface area contributed by atoms with Gasteiger partial charge in [0, 0.05) is 5.92 Å². The van der Waals surface area contributed by atoms with E-state index in [4.69, 9.17) is 0 Å². The third-order valence-corrected chi connectivity index (χ3v) is 5.01. The number of quaternary nitrogens is 1. The predicted octanol–water partition coefficient (Wildman–Crippen LogP) is 3.24. The highest BCUT2D eigenvalue weighted by molar-refractivity contribution is 5.76. The Hall–Kier alpha value is -0.280. The van der Waals surface area contributed by atoms with Crippen LogP contribution in [0.2, 0.25) is 0 Å². The Morgan fingerprint density at radius 3 is 1.42 bits per heavy atom. The van der Waals surface area contributed by atoms with E-state index in [1.165, 1.54) is 89.9 Å². The first-order chi connectivity index (χ1) is 11.9. The number of nitrogens with one attached hydrogen (secondary N) is 1. The lowest BCUT2D eigenvalue weighted by Crippen LogP contribution is -3.00. The predicted molar refractivity (Wildman–Crippen MR) is 110 cm³/mol. The monoisotopic (exact) mass is 390 g/mol. The van der Waals surface area contributed by atoms with Crippen LogP contribution in [0.5, 0.6) is 0 Å². The molecule has 0 saturated carbocycles. The molecule has 0 radical (unpaired) electrons. The van der Waals surface area contributed by atoms with Gasteiger partial charge >= 0.3 is 0 Å². The standard InChI is InChI=1S/C22H46N2O.ClH/c1-6-7-8-9-10-11-12-13-14-15-16-17-18-19-20-24(4,5)23-22(25)21(2)3;/h21H,6-20H2,1-5H3;1H. The first-order valence-electron chi connectivity index (χ1n) is 11.0. The molecule has 26 heavy (non-hydrogen) atoms. The molecule has 0 aromatic heterocycles. The van der Waals surface area contributed by atoms with Gasteiger partial charge in [-0.25, -0.2) is 10.0 Å². The minimum Gasteiger partial charge on any atom is -1.00 e. The van der Waals surface area contributed by atoms with Crippen LogP contribution in [0.1, 0.15) is 111 Å². The number of carbonyl (C=O) groups excluding carboxylic acids is 1. The van der Waals surface area contributed by atoms with Crippen molar-refractivity contribution in [2.24, 2.45) is 5.92 Å². The summed E-state index contributed by atoms with van der Waals surface area (Å²) in [6.07, 6.45) is 19.4. The fourth-order valence-corrected chi connectivity index (χ4v) is 3.18. The van der Waals surface area contributed by atoms with Crippen molar-refractivity contribution in [1.29, 1.82) is 0 Å². The van der Waals surface area contributed by atoms with E-state index in [1.807, 2.05) is 13.8 Å². The molecule has 0 spiro atoms. The average molecular weight is 391 g/mol. The summed E-state index contributed by atoms with van der Waals surface area (Å²) in [7, 11) is 4.17. The van der Waals surface area contributed by atoms with Crippen LogP contribution >= 0.6 is 0 Å². The van der Waals surface area contributed by atoms with E-state index in [1.54, 1.807) is 0 Å². The van der Waals surface area contributed by atoms with E-state index in [2.05, 4.69) is 26.4 Å². The van der Waals surface area contributed by atoms with Gasteiger partial charge < -0.3 is 12.4 Å². The van der Waals surface area contributed by atoms with Gasteiger partial charge in [0.15, 0.2) is 0 Å². The second-order valence-electron chi connectivity index (χ2n) is 8.64. The summed E-state index contributed by atoms with van der Waals surface area (Å²) in [5.74, 6) is 0.212. The lowest BCUT2D eigenvalue weighted by Gasteiger charge is -2.29. The number of hydrogen-bond acceptors (Lipinski definition) is 1. The fourth-order valence-electron chi connectivity index (χ4n) is 3.18. The SMILES string of the molecule is CCCCCCCCCCCCCCCC[N+](C)(C)NC(=O)C(C)C.[Cl-]. The molecular weight excluding hydrogens is 344 g/mol. The summed E-state index contributed by atoms with van der Waals surface area (Å²) in [5.41, 5.74) is 3.10. The minimum absolute atomic E-state index is 0. The van der Waals surface area contributed by atoms with Crippen molar-refractivity contribution in [2.75, 3.05) is 20.6 Å². The van der Waals surface area contributed by atoms with Crippen LogP contribution in [0.4, 0.5) is 0 Å². The maximum absolute atomic E-state index is 11.8. The zero-order valence-corrected chi connectivity index (χ0v) is 19.2. The van der Waals surface area contributed by atoms with Crippen LogP contribution in [0, 0.1) is 5.92 Å². The summed E-state index contributed by atoms with van der Waals surface area (Å²) in [4.78, 5) is 11.8. The number of nitrogens with zero attached hydrogens (tertiary/aromatic N) is 1. The Balaban J connectivity index is 0. The van der Waals surface area contributed by atoms with Gasteiger partial charge in [-0.3, -0.25) is 4.79 Å². The summed E-state index contributed by atoms with van der Waals surface area (Å²) < 4.78 is 0.606. The molecular formula is C22H47ClN2O. The molecule has 0 rings (SSSR count). The van der Waals surface area contributed by atoms with Crippen molar-refractivity contribution in [3.05, 3.63) is 0 Å². The highest BCUT2D eigenvalue weighted by atomic mass is 35.5. The number of rotatable bonds is 17. The first kappa shape index (κ1) is 27.9. The molecule has 0 heterocycles. The molecule has 1 N–H and O–H groups in total. The normalized spacial score (nSPS) is 11.5. The molecule has 0 atom stereocenters. The van der Waals surface area contributed by atoms with Crippen molar-refractivity contribution >= 4 is 5.91 Å². The number of hydrogen-bond donors (Lipinski definition) is 1. The van der Waals surface area contributed by atoms with Crippen molar-refractivity contribution in [1.82, 2.24) is 5.43 Å². The quantitative estimate of drug-likeness (QED) is 0.230. The Morgan fingerprint density at radius 1 is 0.731 bits per heavy atom. The maximum atomic E-state index is 11.8. The van der Waals surface area contributed by atoms with Crippen LogP contribution in [0.15, 0.2) is 0 Å². The summed E-state index contributed by atoms with van der Waals surface area (Å²) in [6.45, 7) is 7.20. The smallest absolute Gasteiger partial charge is 0.267 e. The van der Waals surface area contributed by atoms with Crippen LogP contribution in [0.25, 0.3) is 0 Å². The summed E-state index contributed by atoms with van der Waals surface area (Å²) >= 11 is 0. The van der Waals surface area contributed by atoms with E-state index < -0.39 is 0 Å². The molecule has 3 nitrogen and oxygen atoms in total. The summed E-state index contributed by atoms with van der Waals surface area (Å²) in [5, 5.41) is 0. The van der Waals surface area contributed by atoms with E-state index >= 15 is 0 Å². The Labute approximate surface area is 170 Å². The number of unbranched alkanes of at least 4 members (excludes halogenated alkanes) is 13. The van der Waals surface area contributed by atoms with Gasteiger partial charge in [-0.2, -0.15) is 0 Å². The summed E-state index contributed by atoms with van der Waals surface area (Å²) in [6, 6.07) is 0. The van der Waals surface area contributed by atoms with Crippen LogP contribution in [-0.2, 0) is 4.79 Å². The lowest BCUT2D eigenvalue weighted by atomic mass is 10.0. The second kappa shape index (κ2) is 18.1. The third-order valence-electron chi connectivity index (χ3n) is 5.01. The highest BCUT2D eigenvalue weighted by Crippen LogP contribution is 2.13. The van der Waals surface area contributed by atoms with Gasteiger partial charge in [0.1, 0.15) is 6.54 Å². The van der Waals surface area contributed by atoms with Gasteiger partial charge in [0.2, 0.25) is 0 Å². The van der Waals surface area contributed by atoms with Gasteiger partial charge in [-0.05, 0) is 12.8 Å². The van der Waals surface area contributed by atoms with Gasteiger partial charge in [-0.15, -0.1) is 0 Å². The molecule has 4 heteroatoms. The molecule has 0 aliphatic rings. The lowest BCUT2D eigenvalue weighted by molar-refractivity contribution is -0.925. The number of carbonyl (C=O) groups is 1. The van der Waals surface area contributed by atoms with E-state index in [-0.39, 0.29) is 24.2 Å². The Bertz CT molecular complexity index is 319. The molecule has 0 aromatic carbocycles. The van der Waals surface area contributed by atoms with Crippen molar-refractivity contribution < 1.29 is 21.8 Å². The van der Waals surface area contributed by atoms with Crippen molar-refractivity contribution in [3.8, 4) is 0 Å². The van der Waals surface area contributed by atoms with Gasteiger partial charge in [0.25, 0.3) is 5.91 Å². The molecule has 0 unspecified atom stereocenters. The van der Waals surface area contributed by atoms with Crippen LogP contribution < -0.4 is 17.8 Å². The molecule has 0 aliphatic carbocycles. The van der Waals surface area contributed by atoms with Crippen molar-refractivity contribution in [3.63, 3.8) is 0 Å². The van der Waals surface area contributed by atoms with Gasteiger partial charge in [-0.1, -0.05) is 97.8 Å². The van der Waals surface area contributed by atoms with Gasteiger partial charge in [0.05, 0.1) is 14.1 Å². The largest absolute Gasteiger partial charge is 1.00 e. The average Bonchev–Trinajstić information content (AvgIpc) is 2.54. The maximum Gasteiger partial charge on any atom is 0.267 e. The third kappa shape index (κ3) is 18.5. The minimum atomic E-state index is 0. The zero-order valence-electron chi connectivity index (χ0n) is 18.4. The second-order valence-corrected chi connectivity index (χ2v) is 8.64. The molecule has 0 aliphatic heterocycles. The van der Waals surface area contributed by atoms with Crippen LogP contribution in [0.3, 0.4) is 0 Å². The topological polar surface area (TPSA) is 29.1 Å². The van der Waals surface area contributed by atoms with Crippen molar-refractivity contribution in [2.45, 2.75) is 111 Å². The first-order valence-corrected chi connectivity index (χ1v) is 11.0. The molecule has 1 amide bonds. The number of amides is 1. The molecule has 158 valence electrons. The Kier molecular flexibility index (Phi) is 19.4. The number of halogens is 1. The molecule has 0 aromatic rings. The fraction of sp³-hybridized carbons (Fsp3) is 0.955. The van der Waals surface area contributed by atoms with E-state index in [0.29, 0.717) is 4.59 Å². The highest BCUT2D eigenvalue weighted by Gasteiger charge is 2.20. The zero-order chi connectivity index (χ0) is 19.0. The van der Waals surface area contributed by atoms with E-state index in [0.717, 1.165) is 6.54 Å². The Morgan fingerprint density at radius 2 is 1.08 bits per heavy atom. The molecule has 0 bridgehead atoms. The van der Waals surface area contributed by atoms with Crippen LogP contribution in [-0.4, -0.2) is 31.1 Å². The van der Waals surface area contributed by atoms with E-state index in [9.17, 15) is 4.79 Å². The molecule has 0 fully saturated rings. The molecule has 0 saturated heterocycles.